The number of halogens is 2. The first-order chi connectivity index (χ1) is 8.99. The van der Waals surface area contributed by atoms with Gasteiger partial charge in [-0.1, -0.05) is 11.6 Å². The van der Waals surface area contributed by atoms with Crippen LogP contribution in [0.25, 0.3) is 0 Å². The SMILES string of the molecule is COc1cc(Cl)c(C)cc1Nc1cc(C)nc(Cl)n1. The average molecular weight is 298 g/mol. The number of methoxy groups -OCH3 is 1. The molecule has 0 amide bonds. The van der Waals surface area contributed by atoms with Gasteiger partial charge in [0.1, 0.15) is 11.6 Å². The van der Waals surface area contributed by atoms with Gasteiger partial charge >= 0.3 is 0 Å². The second-order valence-corrected chi connectivity index (χ2v) is 4.84. The van der Waals surface area contributed by atoms with Crippen molar-refractivity contribution in [1.29, 1.82) is 0 Å². The van der Waals surface area contributed by atoms with Gasteiger partial charge in [0.25, 0.3) is 0 Å². The number of anilines is 2. The zero-order chi connectivity index (χ0) is 14.0. The second-order valence-electron chi connectivity index (χ2n) is 4.09. The van der Waals surface area contributed by atoms with Crippen LogP contribution in [-0.2, 0) is 0 Å². The molecule has 0 spiro atoms. The molecule has 6 heteroatoms. The highest BCUT2D eigenvalue weighted by Crippen LogP contribution is 2.32. The van der Waals surface area contributed by atoms with E-state index in [9.17, 15) is 0 Å². The maximum absolute atomic E-state index is 6.06. The van der Waals surface area contributed by atoms with E-state index in [4.69, 9.17) is 27.9 Å². The van der Waals surface area contributed by atoms with Crippen LogP contribution in [0.3, 0.4) is 0 Å². The first-order valence-electron chi connectivity index (χ1n) is 5.62. The van der Waals surface area contributed by atoms with Gasteiger partial charge in [0.2, 0.25) is 5.28 Å². The fourth-order valence-electron chi connectivity index (χ4n) is 1.66. The van der Waals surface area contributed by atoms with Crippen molar-refractivity contribution in [2.45, 2.75) is 13.8 Å². The van der Waals surface area contributed by atoms with Crippen molar-refractivity contribution in [1.82, 2.24) is 9.97 Å². The Kier molecular flexibility index (Phi) is 4.12. The van der Waals surface area contributed by atoms with Crippen molar-refractivity contribution >= 4 is 34.7 Å². The summed E-state index contributed by atoms with van der Waals surface area (Å²) in [7, 11) is 1.59. The Morgan fingerprint density at radius 1 is 1.11 bits per heavy atom. The largest absolute Gasteiger partial charge is 0.495 e. The monoisotopic (exact) mass is 297 g/mol. The number of aromatic nitrogens is 2. The molecule has 0 atom stereocenters. The number of aryl methyl sites for hydroxylation is 2. The van der Waals surface area contributed by atoms with Crippen LogP contribution in [0.5, 0.6) is 5.75 Å². The highest BCUT2D eigenvalue weighted by atomic mass is 35.5. The van der Waals surface area contributed by atoms with Crippen molar-refractivity contribution < 1.29 is 4.74 Å². The Hall–Kier alpha value is -1.52. The minimum Gasteiger partial charge on any atom is -0.495 e. The molecule has 0 bridgehead atoms. The van der Waals surface area contributed by atoms with Gasteiger partial charge in [-0.15, -0.1) is 0 Å². The number of hydrogen-bond acceptors (Lipinski definition) is 4. The fraction of sp³-hybridized carbons (Fsp3) is 0.231. The van der Waals surface area contributed by atoms with Gasteiger partial charge in [0.05, 0.1) is 12.8 Å². The van der Waals surface area contributed by atoms with Crippen LogP contribution in [0.2, 0.25) is 10.3 Å². The Morgan fingerprint density at radius 3 is 2.47 bits per heavy atom. The minimum atomic E-state index is 0.201. The third kappa shape index (κ3) is 3.28. The van der Waals surface area contributed by atoms with Crippen molar-refractivity contribution in [3.63, 3.8) is 0 Å². The molecule has 1 aromatic carbocycles. The zero-order valence-electron chi connectivity index (χ0n) is 10.8. The van der Waals surface area contributed by atoms with Gasteiger partial charge < -0.3 is 10.1 Å². The van der Waals surface area contributed by atoms with E-state index in [0.717, 1.165) is 16.9 Å². The van der Waals surface area contributed by atoms with Crippen molar-refractivity contribution in [3.05, 3.63) is 39.8 Å². The number of ether oxygens (including phenoxy) is 1. The molecule has 0 aliphatic rings. The molecule has 0 aliphatic carbocycles. The molecule has 19 heavy (non-hydrogen) atoms. The molecule has 0 saturated heterocycles. The molecule has 100 valence electrons. The lowest BCUT2D eigenvalue weighted by molar-refractivity contribution is 0.416. The smallest absolute Gasteiger partial charge is 0.224 e. The summed E-state index contributed by atoms with van der Waals surface area (Å²) in [6.45, 7) is 3.77. The summed E-state index contributed by atoms with van der Waals surface area (Å²) in [4.78, 5) is 8.12. The van der Waals surface area contributed by atoms with Crippen molar-refractivity contribution in [2.75, 3.05) is 12.4 Å². The summed E-state index contributed by atoms with van der Waals surface area (Å²) in [6.07, 6.45) is 0. The maximum Gasteiger partial charge on any atom is 0.224 e. The average Bonchev–Trinajstić information content (AvgIpc) is 2.32. The van der Waals surface area contributed by atoms with Crippen LogP contribution in [0.4, 0.5) is 11.5 Å². The Bertz CT molecular complexity index is 597. The quantitative estimate of drug-likeness (QED) is 0.865. The van der Waals surface area contributed by atoms with E-state index in [0.29, 0.717) is 16.6 Å². The normalized spacial score (nSPS) is 10.4. The summed E-state index contributed by atoms with van der Waals surface area (Å²) >= 11 is 11.9. The molecule has 1 aromatic heterocycles. The zero-order valence-corrected chi connectivity index (χ0v) is 12.3. The van der Waals surface area contributed by atoms with E-state index in [2.05, 4.69) is 15.3 Å². The van der Waals surface area contributed by atoms with Crippen molar-refractivity contribution in [2.24, 2.45) is 0 Å². The Labute approximate surface area is 121 Å². The van der Waals surface area contributed by atoms with Crippen LogP contribution in [0.15, 0.2) is 18.2 Å². The third-order valence-corrected chi connectivity index (χ3v) is 3.15. The molecule has 2 rings (SSSR count). The van der Waals surface area contributed by atoms with Crippen LogP contribution >= 0.6 is 23.2 Å². The number of nitrogens with one attached hydrogen (secondary N) is 1. The molecule has 0 radical (unpaired) electrons. The number of nitrogens with zero attached hydrogens (tertiary/aromatic N) is 2. The van der Waals surface area contributed by atoms with Gasteiger partial charge in [-0.05, 0) is 37.1 Å². The lowest BCUT2D eigenvalue weighted by Crippen LogP contribution is -1.99. The van der Waals surface area contributed by atoms with E-state index in [1.54, 1.807) is 19.2 Å². The molecule has 0 fully saturated rings. The third-order valence-electron chi connectivity index (χ3n) is 2.57. The summed E-state index contributed by atoms with van der Waals surface area (Å²) in [6, 6.07) is 5.46. The van der Waals surface area contributed by atoms with Gasteiger partial charge in [-0.3, -0.25) is 0 Å². The summed E-state index contributed by atoms with van der Waals surface area (Å²) < 4.78 is 5.29. The van der Waals surface area contributed by atoms with Crippen LogP contribution < -0.4 is 10.1 Å². The molecule has 1 heterocycles. The Balaban J connectivity index is 2.39. The standard InChI is InChI=1S/C13H13Cl2N3O/c1-7-4-10(11(19-3)6-9(7)14)17-12-5-8(2)16-13(15)18-12/h4-6H,1-3H3,(H,16,17,18). The van der Waals surface area contributed by atoms with E-state index >= 15 is 0 Å². The van der Waals surface area contributed by atoms with E-state index in [1.165, 1.54) is 0 Å². The van der Waals surface area contributed by atoms with E-state index in [-0.39, 0.29) is 5.28 Å². The molecule has 0 saturated carbocycles. The van der Waals surface area contributed by atoms with Crippen LogP contribution in [0.1, 0.15) is 11.3 Å². The van der Waals surface area contributed by atoms with Gasteiger partial charge in [-0.2, -0.15) is 0 Å². The van der Waals surface area contributed by atoms with Gasteiger partial charge in [-0.25, -0.2) is 9.97 Å². The maximum atomic E-state index is 6.06. The predicted molar refractivity (Wildman–Crippen MR) is 77.8 cm³/mol. The van der Waals surface area contributed by atoms with Crippen LogP contribution in [-0.4, -0.2) is 17.1 Å². The van der Waals surface area contributed by atoms with Gasteiger partial charge in [0.15, 0.2) is 0 Å². The summed E-state index contributed by atoms with van der Waals surface area (Å²) in [5.41, 5.74) is 2.51. The first-order valence-corrected chi connectivity index (χ1v) is 6.37. The molecule has 4 nitrogen and oxygen atoms in total. The van der Waals surface area contributed by atoms with E-state index in [1.807, 2.05) is 19.9 Å². The Morgan fingerprint density at radius 2 is 1.84 bits per heavy atom. The first kappa shape index (κ1) is 13.9. The highest BCUT2D eigenvalue weighted by molar-refractivity contribution is 6.31. The molecule has 0 aliphatic heterocycles. The molecule has 1 N–H and O–H groups in total. The summed E-state index contributed by atoms with van der Waals surface area (Å²) in [5, 5.41) is 4.01. The van der Waals surface area contributed by atoms with Gasteiger partial charge in [0, 0.05) is 22.8 Å². The number of benzene rings is 1. The minimum absolute atomic E-state index is 0.201. The van der Waals surface area contributed by atoms with E-state index < -0.39 is 0 Å². The molecule has 2 aromatic rings. The highest BCUT2D eigenvalue weighted by Gasteiger charge is 2.09. The summed E-state index contributed by atoms with van der Waals surface area (Å²) in [5.74, 6) is 1.25. The predicted octanol–water partition coefficient (Wildman–Crippen LogP) is 4.15. The second kappa shape index (κ2) is 5.63. The number of rotatable bonds is 3. The lowest BCUT2D eigenvalue weighted by Gasteiger charge is -2.13. The van der Waals surface area contributed by atoms with Crippen molar-refractivity contribution in [3.8, 4) is 5.75 Å². The molecule has 0 unspecified atom stereocenters. The lowest BCUT2D eigenvalue weighted by atomic mass is 10.2. The topological polar surface area (TPSA) is 47.0 Å². The molecular formula is C13H13Cl2N3O. The van der Waals surface area contributed by atoms with Crippen LogP contribution in [0, 0.1) is 13.8 Å². The number of hydrogen-bond donors (Lipinski definition) is 1. The molecular weight excluding hydrogens is 285 g/mol. The fourth-order valence-corrected chi connectivity index (χ4v) is 2.04.